The van der Waals surface area contributed by atoms with Gasteiger partial charge in [-0.3, -0.25) is 9.59 Å². The Morgan fingerprint density at radius 3 is 1.04 bits per heavy atom. The van der Waals surface area contributed by atoms with Crippen molar-refractivity contribution >= 4 is 11.6 Å². The first-order chi connectivity index (χ1) is 34.0. The summed E-state index contributed by atoms with van der Waals surface area (Å²) in [7, 11) is 0. The summed E-state index contributed by atoms with van der Waals surface area (Å²) in [5.41, 5.74) is 20.7. The fourth-order valence-electron chi connectivity index (χ4n) is 10.3. The van der Waals surface area contributed by atoms with Crippen molar-refractivity contribution in [3.63, 3.8) is 0 Å². The van der Waals surface area contributed by atoms with E-state index in [-0.39, 0.29) is 22.4 Å². The highest BCUT2D eigenvalue weighted by Crippen LogP contribution is 2.39. The van der Waals surface area contributed by atoms with Crippen LogP contribution in [-0.4, -0.2) is 11.6 Å². The predicted molar refractivity (Wildman–Crippen MR) is 298 cm³/mol. The van der Waals surface area contributed by atoms with Crippen molar-refractivity contribution in [2.24, 2.45) is 0 Å². The third-order valence-corrected chi connectivity index (χ3v) is 14.4. The minimum absolute atomic E-state index is 0.0662. The Hall–Kier alpha value is -7.68. The first-order valence-corrected chi connectivity index (χ1v) is 24.9. The van der Waals surface area contributed by atoms with Gasteiger partial charge in [0.1, 0.15) is 0 Å². The van der Waals surface area contributed by atoms with Gasteiger partial charge >= 0.3 is 0 Å². The maximum Gasteiger partial charge on any atom is 0.193 e. The van der Waals surface area contributed by atoms with Crippen LogP contribution in [0, 0.1) is 41.5 Å². The molecule has 9 aromatic carbocycles. The second-order valence-electron chi connectivity index (χ2n) is 20.4. The molecule has 71 heavy (non-hydrogen) atoms. The summed E-state index contributed by atoms with van der Waals surface area (Å²) in [6.07, 6.45) is 0.768. The number of ketones is 2. The van der Waals surface area contributed by atoms with E-state index in [9.17, 15) is 9.59 Å². The molecule has 0 heterocycles. The molecule has 0 N–H and O–H groups in total. The van der Waals surface area contributed by atoms with Gasteiger partial charge in [0.15, 0.2) is 11.6 Å². The minimum Gasteiger partial charge on any atom is -0.289 e. The molecule has 0 amide bonds. The fourth-order valence-corrected chi connectivity index (χ4v) is 10.3. The van der Waals surface area contributed by atoms with Gasteiger partial charge in [-0.1, -0.05) is 239 Å². The van der Waals surface area contributed by atoms with Crippen molar-refractivity contribution in [1.29, 1.82) is 0 Å². The molecule has 0 saturated carbocycles. The van der Waals surface area contributed by atoms with Crippen LogP contribution in [0.2, 0.25) is 0 Å². The van der Waals surface area contributed by atoms with E-state index in [1.54, 1.807) is 0 Å². The van der Waals surface area contributed by atoms with E-state index >= 15 is 0 Å². The summed E-state index contributed by atoms with van der Waals surface area (Å²) < 4.78 is 0. The molecule has 0 aromatic heterocycles. The van der Waals surface area contributed by atoms with E-state index in [2.05, 4.69) is 170 Å². The highest BCUT2D eigenvalue weighted by molar-refractivity contribution is 6.18. The normalized spacial score (nSPS) is 11.4. The zero-order valence-electron chi connectivity index (χ0n) is 43.2. The van der Waals surface area contributed by atoms with E-state index in [4.69, 9.17) is 0 Å². The van der Waals surface area contributed by atoms with Gasteiger partial charge in [-0.2, -0.15) is 0 Å². The van der Waals surface area contributed by atoms with Gasteiger partial charge in [0.2, 0.25) is 0 Å². The Bertz CT molecular complexity index is 3280. The molecule has 0 unspecified atom stereocenters. The lowest BCUT2D eigenvalue weighted by molar-refractivity contribution is 0.102. The molecule has 354 valence electrons. The van der Waals surface area contributed by atoms with E-state index in [0.717, 1.165) is 45.4 Å². The minimum atomic E-state index is -0.174. The second-order valence-corrected chi connectivity index (χ2v) is 20.4. The summed E-state index contributed by atoms with van der Waals surface area (Å²) in [6.45, 7) is 21.9. The average Bonchev–Trinajstić information content (AvgIpc) is 3.37. The van der Waals surface area contributed by atoms with Crippen molar-refractivity contribution in [1.82, 2.24) is 0 Å². The Morgan fingerprint density at radius 1 is 0.352 bits per heavy atom. The molecule has 9 aromatic rings. The zero-order chi connectivity index (χ0) is 50.5. The van der Waals surface area contributed by atoms with Crippen molar-refractivity contribution in [2.45, 2.75) is 86.5 Å². The summed E-state index contributed by atoms with van der Waals surface area (Å²) in [6, 6.07) is 70.6. The SMILES string of the molecule is Cc1ccc(C(=O)c2cc(-c3ccc(Cc4ccccc4C(C)(C)c4ccccc4C)cc3)c(C(=O)c3ccc(C)cc3)cc2-c2ccc(C)cc2)cc1.Cc1ccccc1C(C)(C)c1ccccc1C. The van der Waals surface area contributed by atoms with Crippen molar-refractivity contribution in [3.8, 4) is 22.3 Å². The summed E-state index contributed by atoms with van der Waals surface area (Å²) in [5.74, 6) is -0.158. The molecule has 0 fully saturated rings. The number of hydrogen-bond acceptors (Lipinski definition) is 2. The molecule has 0 bridgehead atoms. The van der Waals surface area contributed by atoms with E-state index in [1.165, 1.54) is 50.1 Å². The molecule has 0 atom stereocenters. The first kappa shape index (κ1) is 49.7. The predicted octanol–water partition coefficient (Wildman–Crippen LogP) is 17.3. The molecular weight excluding hydrogens is 861 g/mol. The van der Waals surface area contributed by atoms with Gasteiger partial charge in [0.05, 0.1) is 0 Å². The van der Waals surface area contributed by atoms with Crippen LogP contribution in [-0.2, 0) is 17.3 Å². The molecule has 0 aliphatic heterocycles. The lowest BCUT2D eigenvalue weighted by Gasteiger charge is -2.30. The number of hydrogen-bond donors (Lipinski definition) is 0. The highest BCUT2D eigenvalue weighted by atomic mass is 16.1. The standard InChI is InChI=1S/C52H46O2.C17H20/c1-34-15-23-39(24-16-34)44-32-47(51(54)42-27-19-36(3)20-28-42)45(33-46(44)50(53)41-25-17-35(2)18-26-41)40-29-21-38(22-30-40)31-43-12-8-10-14-49(43)52(5,6)48-13-9-7-11-37(48)4;1-13-9-5-7-11-15(13)17(3,4)16-12-8-6-10-14(16)2/h7-30,32-33H,31H2,1-6H3;5-12H,1-4H3. The summed E-state index contributed by atoms with van der Waals surface area (Å²) >= 11 is 0. The van der Waals surface area contributed by atoms with E-state index in [1.807, 2.05) is 106 Å². The van der Waals surface area contributed by atoms with E-state index in [0.29, 0.717) is 22.3 Å². The number of benzene rings is 9. The van der Waals surface area contributed by atoms with Crippen LogP contribution < -0.4 is 0 Å². The van der Waals surface area contributed by atoms with Gasteiger partial charge in [-0.25, -0.2) is 0 Å². The molecule has 0 saturated heterocycles. The maximum atomic E-state index is 14.5. The van der Waals surface area contributed by atoms with Crippen LogP contribution >= 0.6 is 0 Å². The Balaban J connectivity index is 0.000000335. The third kappa shape index (κ3) is 10.9. The van der Waals surface area contributed by atoms with Crippen LogP contribution in [0.3, 0.4) is 0 Å². The smallest absolute Gasteiger partial charge is 0.193 e. The van der Waals surface area contributed by atoms with Crippen LogP contribution in [0.25, 0.3) is 22.3 Å². The summed E-state index contributed by atoms with van der Waals surface area (Å²) in [5, 5.41) is 0. The van der Waals surface area contributed by atoms with Gasteiger partial charge in [-0.05, 0) is 132 Å². The number of rotatable bonds is 12. The van der Waals surface area contributed by atoms with Gasteiger partial charge in [0, 0.05) is 33.1 Å². The van der Waals surface area contributed by atoms with Crippen molar-refractivity contribution in [2.75, 3.05) is 0 Å². The second kappa shape index (κ2) is 21.1. The molecular formula is C69H66O2. The highest BCUT2D eigenvalue weighted by Gasteiger charge is 2.28. The number of carbonyl (C=O) groups is 2. The van der Waals surface area contributed by atoms with Gasteiger partial charge < -0.3 is 0 Å². The van der Waals surface area contributed by atoms with Crippen LogP contribution in [0.5, 0.6) is 0 Å². The Morgan fingerprint density at radius 2 is 0.662 bits per heavy atom. The van der Waals surface area contributed by atoms with Crippen molar-refractivity contribution in [3.05, 3.63) is 295 Å². The van der Waals surface area contributed by atoms with E-state index < -0.39 is 0 Å². The molecule has 2 heteroatoms. The third-order valence-electron chi connectivity index (χ3n) is 14.4. The zero-order valence-corrected chi connectivity index (χ0v) is 43.2. The van der Waals surface area contributed by atoms with Crippen LogP contribution in [0.15, 0.2) is 206 Å². The van der Waals surface area contributed by atoms with Gasteiger partial charge in [0.25, 0.3) is 0 Å². The molecule has 0 aliphatic carbocycles. The number of carbonyl (C=O) groups excluding carboxylic acids is 2. The van der Waals surface area contributed by atoms with Crippen LogP contribution in [0.4, 0.5) is 0 Å². The first-order valence-electron chi connectivity index (χ1n) is 24.9. The molecule has 0 spiro atoms. The van der Waals surface area contributed by atoms with Crippen LogP contribution in [0.1, 0.15) is 126 Å². The monoisotopic (exact) mass is 927 g/mol. The Kier molecular flexibility index (Phi) is 14.8. The largest absolute Gasteiger partial charge is 0.289 e. The quantitative estimate of drug-likeness (QED) is 0.114. The maximum absolute atomic E-state index is 14.5. The van der Waals surface area contributed by atoms with Gasteiger partial charge in [-0.15, -0.1) is 0 Å². The van der Waals surface area contributed by atoms with Crippen molar-refractivity contribution < 1.29 is 9.59 Å². The fraction of sp³-hybridized carbons (Fsp3) is 0.188. The Labute approximate surface area is 423 Å². The average molecular weight is 927 g/mol. The molecule has 2 nitrogen and oxygen atoms in total. The molecule has 9 rings (SSSR count). The lowest BCUT2D eigenvalue weighted by Crippen LogP contribution is -2.22. The summed E-state index contributed by atoms with van der Waals surface area (Å²) in [4.78, 5) is 28.9. The molecule has 0 aliphatic rings. The lowest BCUT2D eigenvalue weighted by atomic mass is 9.74. The molecule has 0 radical (unpaired) electrons. The number of aryl methyl sites for hydroxylation is 6. The topological polar surface area (TPSA) is 34.1 Å².